The minimum atomic E-state index is 0.0146. The van der Waals surface area contributed by atoms with Crippen molar-refractivity contribution in [3.05, 3.63) is 58.1 Å². The summed E-state index contributed by atoms with van der Waals surface area (Å²) in [6, 6.07) is 13.9. The van der Waals surface area contributed by atoms with Crippen molar-refractivity contribution in [3.8, 4) is 5.75 Å². The van der Waals surface area contributed by atoms with Crippen molar-refractivity contribution in [1.29, 1.82) is 0 Å². The van der Waals surface area contributed by atoms with Crippen LogP contribution >= 0.6 is 15.9 Å². The number of anilines is 1. The smallest absolute Gasteiger partial charge is 0.224 e. The van der Waals surface area contributed by atoms with Crippen LogP contribution in [-0.2, 0) is 11.2 Å². The molecule has 0 fully saturated rings. The Morgan fingerprint density at radius 3 is 2.57 bits per heavy atom. The largest absolute Gasteiger partial charge is 0.492 e. The van der Waals surface area contributed by atoms with E-state index in [0.29, 0.717) is 19.4 Å². The highest BCUT2D eigenvalue weighted by Crippen LogP contribution is 2.25. The lowest BCUT2D eigenvalue weighted by atomic mass is 10.1. The molecule has 1 amide bonds. The number of halogens is 1. The number of hydrogen-bond acceptors (Lipinski definition) is 2. The van der Waals surface area contributed by atoms with Gasteiger partial charge in [-0.15, -0.1) is 0 Å². The fourth-order valence-electron chi connectivity index (χ4n) is 2.19. The molecule has 0 aliphatic heterocycles. The van der Waals surface area contributed by atoms with Crippen molar-refractivity contribution >= 4 is 27.5 Å². The molecule has 0 bridgehead atoms. The molecule has 23 heavy (non-hydrogen) atoms. The van der Waals surface area contributed by atoms with Gasteiger partial charge in [-0.3, -0.25) is 4.79 Å². The van der Waals surface area contributed by atoms with Gasteiger partial charge in [0.2, 0.25) is 5.91 Å². The Hall–Kier alpha value is -1.81. The van der Waals surface area contributed by atoms with Crippen LogP contribution in [0.3, 0.4) is 0 Å². The summed E-state index contributed by atoms with van der Waals surface area (Å²) < 4.78 is 6.64. The lowest BCUT2D eigenvalue weighted by Gasteiger charge is -2.09. The second-order valence-electron chi connectivity index (χ2n) is 5.48. The third-order valence-corrected chi connectivity index (χ3v) is 4.16. The van der Waals surface area contributed by atoms with Gasteiger partial charge in [0, 0.05) is 12.1 Å². The van der Waals surface area contributed by atoms with Crippen LogP contribution in [0.15, 0.2) is 46.9 Å². The molecule has 0 heterocycles. The molecular weight excluding hydrogens is 354 g/mol. The maximum absolute atomic E-state index is 11.9. The number of hydrogen-bond donors (Lipinski definition) is 1. The summed E-state index contributed by atoms with van der Waals surface area (Å²) in [5.41, 5.74) is 3.28. The Bertz CT molecular complexity index is 653. The van der Waals surface area contributed by atoms with E-state index in [1.54, 1.807) is 0 Å². The maximum atomic E-state index is 11.9. The average Bonchev–Trinajstić information content (AvgIpc) is 2.54. The molecule has 1 N–H and O–H groups in total. The molecule has 0 spiro atoms. The highest BCUT2D eigenvalue weighted by atomic mass is 79.9. The van der Waals surface area contributed by atoms with Crippen molar-refractivity contribution in [3.63, 3.8) is 0 Å². The SMILES string of the molecule is CCc1ccc(NC(=O)CCCOc2ccc(C)cc2Br)cc1. The number of ether oxygens (including phenoxy) is 1. The minimum absolute atomic E-state index is 0.0146. The second kappa shape index (κ2) is 8.73. The Kier molecular flexibility index (Phi) is 6.66. The standard InChI is InChI=1S/C19H22BrNO2/c1-3-15-7-9-16(10-8-15)21-19(22)5-4-12-23-18-11-6-14(2)13-17(18)20/h6-11,13H,3-5,12H2,1-2H3,(H,21,22). The lowest BCUT2D eigenvalue weighted by molar-refractivity contribution is -0.116. The first kappa shape index (κ1) is 17.5. The van der Waals surface area contributed by atoms with Crippen molar-refractivity contribution in [2.75, 3.05) is 11.9 Å². The first-order valence-corrected chi connectivity index (χ1v) is 8.65. The molecule has 3 nitrogen and oxygen atoms in total. The van der Waals surface area contributed by atoms with E-state index >= 15 is 0 Å². The van der Waals surface area contributed by atoms with Gasteiger partial charge in [0.25, 0.3) is 0 Å². The second-order valence-corrected chi connectivity index (χ2v) is 6.34. The summed E-state index contributed by atoms with van der Waals surface area (Å²) >= 11 is 3.48. The zero-order chi connectivity index (χ0) is 16.7. The number of aryl methyl sites for hydroxylation is 2. The van der Waals surface area contributed by atoms with Crippen molar-refractivity contribution in [2.45, 2.75) is 33.1 Å². The summed E-state index contributed by atoms with van der Waals surface area (Å²) in [5.74, 6) is 0.826. The number of benzene rings is 2. The van der Waals surface area contributed by atoms with Gasteiger partial charge in [-0.05, 0) is 71.1 Å². The number of nitrogens with one attached hydrogen (secondary N) is 1. The highest BCUT2D eigenvalue weighted by molar-refractivity contribution is 9.10. The molecule has 0 saturated carbocycles. The van der Waals surface area contributed by atoms with Crippen LogP contribution in [0.4, 0.5) is 5.69 Å². The zero-order valence-electron chi connectivity index (χ0n) is 13.6. The summed E-state index contributed by atoms with van der Waals surface area (Å²) in [6.45, 7) is 4.66. The van der Waals surface area contributed by atoms with Crippen LogP contribution < -0.4 is 10.1 Å². The molecule has 0 radical (unpaired) electrons. The van der Waals surface area contributed by atoms with Gasteiger partial charge < -0.3 is 10.1 Å². The Morgan fingerprint density at radius 2 is 1.91 bits per heavy atom. The molecule has 0 saturated heterocycles. The van der Waals surface area contributed by atoms with Gasteiger partial charge >= 0.3 is 0 Å². The van der Waals surface area contributed by atoms with Crippen LogP contribution in [0.25, 0.3) is 0 Å². The van der Waals surface area contributed by atoms with Gasteiger partial charge in [-0.2, -0.15) is 0 Å². The molecular formula is C19H22BrNO2. The number of rotatable bonds is 7. The predicted octanol–water partition coefficient (Wildman–Crippen LogP) is 5.12. The van der Waals surface area contributed by atoms with E-state index < -0.39 is 0 Å². The van der Waals surface area contributed by atoms with Crippen molar-refractivity contribution < 1.29 is 9.53 Å². The minimum Gasteiger partial charge on any atom is -0.492 e. The molecule has 0 atom stereocenters. The summed E-state index contributed by atoms with van der Waals surface area (Å²) in [4.78, 5) is 11.9. The van der Waals surface area contributed by atoms with Crippen LogP contribution in [0.2, 0.25) is 0 Å². The average molecular weight is 376 g/mol. The highest BCUT2D eigenvalue weighted by Gasteiger charge is 2.04. The molecule has 0 aliphatic carbocycles. The predicted molar refractivity (Wildman–Crippen MR) is 98.1 cm³/mol. The van der Waals surface area contributed by atoms with Gasteiger partial charge in [-0.1, -0.05) is 25.1 Å². The van der Waals surface area contributed by atoms with Gasteiger partial charge in [0.15, 0.2) is 0 Å². The van der Waals surface area contributed by atoms with E-state index in [0.717, 1.165) is 22.3 Å². The third kappa shape index (κ3) is 5.71. The van der Waals surface area contributed by atoms with Crippen molar-refractivity contribution in [1.82, 2.24) is 0 Å². The number of amides is 1. The quantitative estimate of drug-likeness (QED) is 0.682. The summed E-state index contributed by atoms with van der Waals surface area (Å²) in [7, 11) is 0. The fraction of sp³-hybridized carbons (Fsp3) is 0.316. The topological polar surface area (TPSA) is 38.3 Å². The fourth-order valence-corrected chi connectivity index (χ4v) is 2.79. The van der Waals surface area contributed by atoms with Crippen LogP contribution in [0.5, 0.6) is 5.75 Å². The molecule has 122 valence electrons. The lowest BCUT2D eigenvalue weighted by Crippen LogP contribution is -2.12. The first-order valence-electron chi connectivity index (χ1n) is 7.86. The number of carbonyl (C=O) groups excluding carboxylic acids is 1. The van der Waals surface area contributed by atoms with E-state index in [1.807, 2.05) is 49.4 Å². The van der Waals surface area contributed by atoms with Crippen LogP contribution in [0.1, 0.15) is 30.9 Å². The number of carbonyl (C=O) groups is 1. The third-order valence-electron chi connectivity index (χ3n) is 3.54. The van der Waals surface area contributed by atoms with Gasteiger partial charge in [0.1, 0.15) is 5.75 Å². The van der Waals surface area contributed by atoms with E-state index in [9.17, 15) is 4.79 Å². The van der Waals surface area contributed by atoms with E-state index in [4.69, 9.17) is 4.74 Å². The molecule has 2 aromatic rings. The molecule has 4 heteroatoms. The molecule has 0 aliphatic rings. The molecule has 2 rings (SSSR count). The Labute approximate surface area is 146 Å². The van der Waals surface area contributed by atoms with Crippen LogP contribution in [-0.4, -0.2) is 12.5 Å². The van der Waals surface area contributed by atoms with Crippen LogP contribution in [0, 0.1) is 6.92 Å². The van der Waals surface area contributed by atoms with E-state index in [-0.39, 0.29) is 5.91 Å². The monoisotopic (exact) mass is 375 g/mol. The van der Waals surface area contributed by atoms with E-state index in [2.05, 4.69) is 28.2 Å². The zero-order valence-corrected chi connectivity index (χ0v) is 15.2. The van der Waals surface area contributed by atoms with Crippen molar-refractivity contribution in [2.24, 2.45) is 0 Å². The van der Waals surface area contributed by atoms with E-state index in [1.165, 1.54) is 11.1 Å². The Balaban J connectivity index is 1.72. The Morgan fingerprint density at radius 1 is 1.17 bits per heavy atom. The first-order chi connectivity index (χ1) is 11.1. The molecule has 0 unspecified atom stereocenters. The van der Waals surface area contributed by atoms with Gasteiger partial charge in [0.05, 0.1) is 11.1 Å². The summed E-state index contributed by atoms with van der Waals surface area (Å²) in [5, 5.41) is 2.91. The summed E-state index contributed by atoms with van der Waals surface area (Å²) in [6.07, 6.45) is 2.12. The molecule has 0 aromatic heterocycles. The molecule has 2 aromatic carbocycles. The normalized spacial score (nSPS) is 10.4. The van der Waals surface area contributed by atoms with Gasteiger partial charge in [-0.25, -0.2) is 0 Å². The maximum Gasteiger partial charge on any atom is 0.224 e.